The molecule has 3 heteroatoms. The molecule has 1 fully saturated rings. The molecule has 0 atom stereocenters. The first kappa shape index (κ1) is 8.20. The lowest BCUT2D eigenvalue weighted by molar-refractivity contribution is -0.0427. The van der Waals surface area contributed by atoms with E-state index in [1.54, 1.807) is 0 Å². The van der Waals surface area contributed by atoms with E-state index in [9.17, 15) is 5.11 Å². The number of nitrogens with zero attached hydrogens (tertiary/aromatic N) is 1. The molecule has 0 saturated heterocycles. The molecule has 1 heterocycles. The summed E-state index contributed by atoms with van der Waals surface area (Å²) in [7, 11) is 0. The van der Waals surface area contributed by atoms with E-state index in [0.29, 0.717) is 0 Å². The van der Waals surface area contributed by atoms with Gasteiger partial charge in [0.2, 0.25) is 0 Å². The fraction of sp³-hybridized carbons (Fsp3) is 0.444. The second kappa shape index (κ2) is 2.82. The van der Waals surface area contributed by atoms with Gasteiger partial charge in [-0.1, -0.05) is 6.07 Å². The van der Waals surface area contributed by atoms with Crippen molar-refractivity contribution < 1.29 is 5.11 Å². The molecular weight excluding hydrogens is 218 g/mol. The van der Waals surface area contributed by atoms with Crippen LogP contribution in [0.4, 0.5) is 0 Å². The summed E-state index contributed by atoms with van der Waals surface area (Å²) >= 11 is 3.29. The zero-order valence-corrected chi connectivity index (χ0v) is 8.21. The second-order valence-electron chi connectivity index (χ2n) is 3.23. The largest absolute Gasteiger partial charge is 0.384 e. The Kier molecular flexibility index (Phi) is 1.93. The van der Waals surface area contributed by atoms with Crippen molar-refractivity contribution in [2.45, 2.75) is 24.9 Å². The van der Waals surface area contributed by atoms with Crippen LogP contribution in [0, 0.1) is 0 Å². The van der Waals surface area contributed by atoms with Gasteiger partial charge in [-0.05, 0) is 47.3 Å². The summed E-state index contributed by atoms with van der Waals surface area (Å²) in [6.45, 7) is 0. The van der Waals surface area contributed by atoms with Gasteiger partial charge in [-0.25, -0.2) is 4.98 Å². The van der Waals surface area contributed by atoms with E-state index < -0.39 is 5.60 Å². The van der Waals surface area contributed by atoms with Crippen LogP contribution >= 0.6 is 15.9 Å². The smallest absolute Gasteiger partial charge is 0.107 e. The molecule has 12 heavy (non-hydrogen) atoms. The van der Waals surface area contributed by atoms with Crippen molar-refractivity contribution in [1.82, 2.24) is 4.98 Å². The van der Waals surface area contributed by atoms with Gasteiger partial charge in [0.1, 0.15) is 10.2 Å². The normalized spacial score (nSPS) is 20.2. The van der Waals surface area contributed by atoms with Crippen LogP contribution in [0.1, 0.15) is 25.0 Å². The Balaban J connectivity index is 2.33. The molecule has 1 aliphatic carbocycles. The van der Waals surface area contributed by atoms with Crippen LogP contribution in [0.2, 0.25) is 0 Å². The van der Waals surface area contributed by atoms with E-state index >= 15 is 0 Å². The highest BCUT2D eigenvalue weighted by molar-refractivity contribution is 9.10. The number of hydrogen-bond acceptors (Lipinski definition) is 2. The van der Waals surface area contributed by atoms with Gasteiger partial charge in [0.25, 0.3) is 0 Å². The van der Waals surface area contributed by atoms with Crippen molar-refractivity contribution in [2.75, 3.05) is 0 Å². The Morgan fingerprint density at radius 3 is 2.67 bits per heavy atom. The first-order valence-corrected chi connectivity index (χ1v) is 4.85. The van der Waals surface area contributed by atoms with Gasteiger partial charge in [0.15, 0.2) is 0 Å². The molecule has 0 amide bonds. The van der Waals surface area contributed by atoms with Crippen molar-refractivity contribution in [1.29, 1.82) is 0 Å². The molecule has 64 valence electrons. The zero-order valence-electron chi connectivity index (χ0n) is 6.63. The van der Waals surface area contributed by atoms with Crippen LogP contribution in [0.15, 0.2) is 22.8 Å². The highest BCUT2D eigenvalue weighted by atomic mass is 79.9. The summed E-state index contributed by atoms with van der Waals surface area (Å²) in [5, 5.41) is 9.92. The first-order valence-electron chi connectivity index (χ1n) is 4.06. The Morgan fingerprint density at radius 2 is 2.17 bits per heavy atom. The molecular formula is C9H10BrNO. The Labute approximate surface area is 79.8 Å². The fourth-order valence-corrected chi connectivity index (χ4v) is 1.78. The molecule has 0 aromatic carbocycles. The van der Waals surface area contributed by atoms with Gasteiger partial charge < -0.3 is 5.11 Å². The van der Waals surface area contributed by atoms with Crippen LogP contribution in [-0.2, 0) is 5.60 Å². The van der Waals surface area contributed by atoms with Crippen molar-refractivity contribution in [3.05, 3.63) is 28.5 Å². The number of rotatable bonds is 1. The van der Waals surface area contributed by atoms with E-state index in [1.807, 2.05) is 18.2 Å². The summed E-state index contributed by atoms with van der Waals surface area (Å²) in [4.78, 5) is 4.23. The van der Waals surface area contributed by atoms with Gasteiger partial charge in [-0.2, -0.15) is 0 Å². The molecule has 0 spiro atoms. The van der Waals surface area contributed by atoms with E-state index in [-0.39, 0.29) is 0 Å². The predicted octanol–water partition coefficient (Wildman–Crippen LogP) is 2.22. The maximum Gasteiger partial charge on any atom is 0.107 e. The van der Waals surface area contributed by atoms with Crippen molar-refractivity contribution >= 4 is 15.9 Å². The molecule has 1 aromatic rings. The lowest BCUT2D eigenvalue weighted by Gasteiger charge is -2.35. The molecule has 1 aromatic heterocycles. The summed E-state index contributed by atoms with van der Waals surface area (Å²) < 4.78 is 0.792. The average molecular weight is 228 g/mol. The standard InChI is InChI=1S/C9H10BrNO/c10-8-4-1-3-7(11-8)9(12)5-2-6-9/h1,3-4,12H,2,5-6H2. The summed E-state index contributed by atoms with van der Waals surface area (Å²) in [5.74, 6) is 0. The van der Waals surface area contributed by atoms with Gasteiger partial charge in [-0.3, -0.25) is 0 Å². The third-order valence-corrected chi connectivity index (χ3v) is 2.81. The van der Waals surface area contributed by atoms with Crippen molar-refractivity contribution in [2.24, 2.45) is 0 Å². The van der Waals surface area contributed by atoms with Gasteiger partial charge >= 0.3 is 0 Å². The summed E-state index contributed by atoms with van der Waals surface area (Å²) in [6.07, 6.45) is 2.79. The van der Waals surface area contributed by atoms with Gasteiger partial charge in [-0.15, -0.1) is 0 Å². The highest BCUT2D eigenvalue weighted by Gasteiger charge is 2.37. The monoisotopic (exact) mass is 227 g/mol. The summed E-state index contributed by atoms with van der Waals surface area (Å²) in [5.41, 5.74) is 0.159. The molecule has 1 N–H and O–H groups in total. The van der Waals surface area contributed by atoms with Crippen LogP contribution in [0.25, 0.3) is 0 Å². The van der Waals surface area contributed by atoms with Gasteiger partial charge in [0.05, 0.1) is 5.69 Å². The third-order valence-electron chi connectivity index (χ3n) is 2.37. The van der Waals surface area contributed by atoms with Crippen molar-refractivity contribution in [3.63, 3.8) is 0 Å². The maximum atomic E-state index is 9.92. The highest BCUT2D eigenvalue weighted by Crippen LogP contribution is 2.40. The van der Waals surface area contributed by atoms with Crippen LogP contribution in [0.3, 0.4) is 0 Å². The fourth-order valence-electron chi connectivity index (χ4n) is 1.44. The minimum absolute atomic E-state index is 0.635. The van der Waals surface area contributed by atoms with E-state index in [1.165, 1.54) is 0 Å². The van der Waals surface area contributed by atoms with E-state index in [0.717, 1.165) is 29.6 Å². The second-order valence-corrected chi connectivity index (χ2v) is 4.04. The molecule has 2 nitrogen and oxygen atoms in total. The number of pyridine rings is 1. The predicted molar refractivity (Wildman–Crippen MR) is 49.7 cm³/mol. The van der Waals surface area contributed by atoms with Crippen LogP contribution < -0.4 is 0 Å². The minimum atomic E-state index is -0.635. The quantitative estimate of drug-likeness (QED) is 0.747. The Hall–Kier alpha value is -0.410. The average Bonchev–Trinajstić information content (AvgIpc) is 2.00. The molecule has 0 aliphatic heterocycles. The Bertz CT molecular complexity index is 296. The maximum absolute atomic E-state index is 9.92. The lowest BCUT2D eigenvalue weighted by Crippen LogP contribution is -2.34. The number of halogens is 1. The molecule has 2 rings (SSSR count). The van der Waals surface area contributed by atoms with Crippen LogP contribution in [0.5, 0.6) is 0 Å². The third kappa shape index (κ3) is 1.27. The molecule has 0 unspecified atom stereocenters. The number of hydrogen-bond donors (Lipinski definition) is 1. The molecule has 0 bridgehead atoms. The SMILES string of the molecule is OC1(c2cccc(Br)n2)CCC1. The molecule has 1 aliphatic rings. The Morgan fingerprint density at radius 1 is 1.42 bits per heavy atom. The zero-order chi connectivity index (χ0) is 8.60. The summed E-state index contributed by atoms with van der Waals surface area (Å²) in [6, 6.07) is 5.65. The van der Waals surface area contributed by atoms with Crippen LogP contribution in [-0.4, -0.2) is 10.1 Å². The first-order chi connectivity index (χ1) is 5.71. The van der Waals surface area contributed by atoms with Gasteiger partial charge in [0, 0.05) is 0 Å². The molecule has 1 saturated carbocycles. The number of aromatic nitrogens is 1. The molecule has 0 radical (unpaired) electrons. The van der Waals surface area contributed by atoms with Crippen molar-refractivity contribution in [3.8, 4) is 0 Å². The number of aliphatic hydroxyl groups is 1. The lowest BCUT2D eigenvalue weighted by atomic mass is 9.78. The van der Waals surface area contributed by atoms with E-state index in [4.69, 9.17) is 0 Å². The minimum Gasteiger partial charge on any atom is -0.384 e. The van der Waals surface area contributed by atoms with E-state index in [2.05, 4.69) is 20.9 Å². The topological polar surface area (TPSA) is 33.1 Å².